The summed E-state index contributed by atoms with van der Waals surface area (Å²) in [5.41, 5.74) is 10.7. The zero-order valence-electron chi connectivity index (χ0n) is 25.4. The molecule has 0 atom stereocenters. The SMILES string of the molecule is N#Cc1ccc2c(c1)c1ccccc1n2-c1ccc2oc3ccc(-n4c5ccccc5c5c6c(ccc54)oc4ccccc46)cc3c2c1. The lowest BCUT2D eigenvalue weighted by Gasteiger charge is -2.09. The number of nitriles is 1. The van der Waals surface area contributed by atoms with Crippen LogP contribution in [0.1, 0.15) is 5.56 Å². The molecule has 0 bridgehead atoms. The minimum Gasteiger partial charge on any atom is -0.456 e. The van der Waals surface area contributed by atoms with E-state index in [-0.39, 0.29) is 0 Å². The van der Waals surface area contributed by atoms with Gasteiger partial charge in [0, 0.05) is 54.5 Å². The van der Waals surface area contributed by atoms with Gasteiger partial charge in [-0.25, -0.2) is 0 Å². The second-order valence-electron chi connectivity index (χ2n) is 12.4. The summed E-state index contributed by atoms with van der Waals surface area (Å²) < 4.78 is 17.3. The monoisotopic (exact) mass is 613 g/mol. The van der Waals surface area contributed by atoms with Crippen LogP contribution in [0, 0.1) is 11.3 Å². The fourth-order valence-electron chi connectivity index (χ4n) is 7.90. The molecular formula is C43H23N3O2. The third-order valence-electron chi connectivity index (χ3n) is 9.93. The first-order valence-corrected chi connectivity index (χ1v) is 16.0. The zero-order valence-corrected chi connectivity index (χ0v) is 25.4. The Balaban J connectivity index is 1.18. The molecule has 5 nitrogen and oxygen atoms in total. The highest BCUT2D eigenvalue weighted by Gasteiger charge is 2.20. The molecule has 222 valence electrons. The lowest BCUT2D eigenvalue weighted by molar-refractivity contribution is 0.668. The van der Waals surface area contributed by atoms with Crippen LogP contribution in [0.25, 0.3) is 98.9 Å². The molecule has 0 aliphatic heterocycles. The highest BCUT2D eigenvalue weighted by Crippen LogP contribution is 2.42. The van der Waals surface area contributed by atoms with Crippen LogP contribution < -0.4 is 0 Å². The van der Waals surface area contributed by atoms with Crippen molar-refractivity contribution in [3.63, 3.8) is 0 Å². The van der Waals surface area contributed by atoms with Gasteiger partial charge in [0.1, 0.15) is 22.3 Å². The Labute approximate surface area is 272 Å². The van der Waals surface area contributed by atoms with E-state index in [1.807, 2.05) is 36.4 Å². The maximum absolute atomic E-state index is 9.60. The normalized spacial score (nSPS) is 12.1. The molecular weight excluding hydrogens is 590 g/mol. The van der Waals surface area contributed by atoms with E-state index in [1.54, 1.807) is 0 Å². The minimum absolute atomic E-state index is 0.654. The van der Waals surface area contributed by atoms with Crippen LogP contribution in [0.2, 0.25) is 0 Å². The van der Waals surface area contributed by atoms with Crippen LogP contribution >= 0.6 is 0 Å². The maximum Gasteiger partial charge on any atom is 0.136 e. The first-order valence-electron chi connectivity index (χ1n) is 16.0. The molecule has 4 aromatic heterocycles. The summed E-state index contributed by atoms with van der Waals surface area (Å²) in [4.78, 5) is 0. The molecule has 0 fully saturated rings. The van der Waals surface area contributed by atoms with Crippen molar-refractivity contribution in [1.29, 1.82) is 5.26 Å². The van der Waals surface area contributed by atoms with Crippen LogP contribution in [-0.2, 0) is 0 Å². The number of rotatable bonds is 2. The number of para-hydroxylation sites is 3. The number of aromatic nitrogens is 2. The Kier molecular flexibility index (Phi) is 4.85. The Morgan fingerprint density at radius 2 is 0.938 bits per heavy atom. The van der Waals surface area contributed by atoms with Gasteiger partial charge in [-0.2, -0.15) is 5.26 Å². The van der Waals surface area contributed by atoms with Gasteiger partial charge in [0.25, 0.3) is 0 Å². The van der Waals surface area contributed by atoms with Gasteiger partial charge in [0.05, 0.1) is 33.7 Å². The van der Waals surface area contributed by atoms with E-state index < -0.39 is 0 Å². The van der Waals surface area contributed by atoms with Crippen molar-refractivity contribution >= 4 is 87.5 Å². The number of fused-ring (bicyclic) bond motifs is 13. The van der Waals surface area contributed by atoms with Gasteiger partial charge >= 0.3 is 0 Å². The number of furan rings is 2. The van der Waals surface area contributed by atoms with E-state index in [1.165, 1.54) is 10.8 Å². The second kappa shape index (κ2) is 9.16. The number of hydrogen-bond donors (Lipinski definition) is 0. The van der Waals surface area contributed by atoms with Crippen LogP contribution in [0.15, 0.2) is 148 Å². The highest BCUT2D eigenvalue weighted by atomic mass is 16.3. The predicted octanol–water partition coefficient (Wildman–Crippen LogP) is 11.6. The van der Waals surface area contributed by atoms with Crippen molar-refractivity contribution in [2.45, 2.75) is 0 Å². The Bertz CT molecular complexity index is 3200. The molecule has 0 aliphatic rings. The van der Waals surface area contributed by atoms with Gasteiger partial charge in [0.2, 0.25) is 0 Å². The van der Waals surface area contributed by atoms with Crippen LogP contribution in [-0.4, -0.2) is 9.13 Å². The van der Waals surface area contributed by atoms with Crippen molar-refractivity contribution in [3.8, 4) is 17.4 Å². The highest BCUT2D eigenvalue weighted by molar-refractivity contribution is 6.27. The molecule has 0 amide bonds. The summed E-state index contributed by atoms with van der Waals surface area (Å²) in [6.07, 6.45) is 0. The van der Waals surface area contributed by atoms with Crippen molar-refractivity contribution in [2.75, 3.05) is 0 Å². The predicted molar refractivity (Wildman–Crippen MR) is 194 cm³/mol. The summed E-state index contributed by atoms with van der Waals surface area (Å²) >= 11 is 0. The third-order valence-corrected chi connectivity index (χ3v) is 9.93. The van der Waals surface area contributed by atoms with Crippen molar-refractivity contribution in [1.82, 2.24) is 9.13 Å². The zero-order chi connectivity index (χ0) is 31.5. The molecule has 0 unspecified atom stereocenters. The molecule has 11 rings (SSSR count). The van der Waals surface area contributed by atoms with E-state index in [2.05, 4.69) is 118 Å². The molecule has 11 aromatic rings. The van der Waals surface area contributed by atoms with Gasteiger partial charge < -0.3 is 18.0 Å². The van der Waals surface area contributed by atoms with Gasteiger partial charge in [0.15, 0.2) is 0 Å². The summed E-state index contributed by atoms with van der Waals surface area (Å²) in [7, 11) is 0. The molecule has 7 aromatic carbocycles. The Hall–Kier alpha value is -6.77. The lowest BCUT2D eigenvalue weighted by Crippen LogP contribution is -1.94. The molecule has 0 saturated carbocycles. The molecule has 4 heterocycles. The average molecular weight is 614 g/mol. The second-order valence-corrected chi connectivity index (χ2v) is 12.4. The fourth-order valence-corrected chi connectivity index (χ4v) is 7.90. The summed E-state index contributed by atoms with van der Waals surface area (Å²) in [5.74, 6) is 0. The first-order chi connectivity index (χ1) is 23.7. The van der Waals surface area contributed by atoms with Crippen LogP contribution in [0.4, 0.5) is 0 Å². The maximum atomic E-state index is 9.60. The molecule has 0 saturated heterocycles. The van der Waals surface area contributed by atoms with Gasteiger partial charge in [-0.1, -0.05) is 54.6 Å². The molecule has 0 aliphatic carbocycles. The summed E-state index contributed by atoms with van der Waals surface area (Å²) in [5, 5.41) is 18.5. The molecule has 48 heavy (non-hydrogen) atoms. The van der Waals surface area contributed by atoms with E-state index in [9.17, 15) is 5.26 Å². The largest absolute Gasteiger partial charge is 0.456 e. The van der Waals surface area contributed by atoms with Crippen molar-refractivity contribution < 1.29 is 8.83 Å². The summed E-state index contributed by atoms with van der Waals surface area (Å²) in [6, 6.07) is 50.6. The van der Waals surface area contributed by atoms with Gasteiger partial charge in [-0.15, -0.1) is 0 Å². The minimum atomic E-state index is 0.654. The van der Waals surface area contributed by atoms with E-state index in [4.69, 9.17) is 8.83 Å². The fraction of sp³-hybridized carbons (Fsp3) is 0. The number of benzene rings is 7. The van der Waals surface area contributed by atoms with Gasteiger partial charge in [-0.05, 0) is 84.9 Å². The smallest absolute Gasteiger partial charge is 0.136 e. The van der Waals surface area contributed by atoms with Gasteiger partial charge in [-0.3, -0.25) is 0 Å². The van der Waals surface area contributed by atoms with Crippen LogP contribution in [0.5, 0.6) is 0 Å². The Morgan fingerprint density at radius 3 is 1.69 bits per heavy atom. The van der Waals surface area contributed by atoms with Crippen LogP contribution in [0.3, 0.4) is 0 Å². The van der Waals surface area contributed by atoms with Crippen molar-refractivity contribution in [2.24, 2.45) is 0 Å². The average Bonchev–Trinajstić information content (AvgIpc) is 3.88. The molecule has 0 spiro atoms. The number of hydrogen-bond acceptors (Lipinski definition) is 3. The van der Waals surface area contributed by atoms with E-state index >= 15 is 0 Å². The molecule has 0 radical (unpaired) electrons. The Morgan fingerprint density at radius 1 is 0.396 bits per heavy atom. The van der Waals surface area contributed by atoms with Crippen molar-refractivity contribution in [3.05, 3.63) is 145 Å². The topological polar surface area (TPSA) is 59.9 Å². The standard InChI is InChI=1S/C43H23N3O2/c44-24-25-13-16-36-31(21-25)28-7-1-4-10-34(28)45(36)26-14-18-39-32(22-26)33-23-27(15-19-40(33)47-39)46-35-11-5-2-8-29(35)42-37(46)17-20-41-43(42)30-9-3-6-12-38(30)48-41/h1-23H. The summed E-state index contributed by atoms with van der Waals surface area (Å²) in [6.45, 7) is 0. The van der Waals surface area contributed by atoms with E-state index in [0.717, 1.165) is 88.1 Å². The number of nitrogens with zero attached hydrogens (tertiary/aromatic N) is 3. The molecule has 5 heteroatoms. The van der Waals surface area contributed by atoms with E-state index in [0.29, 0.717) is 5.56 Å². The first kappa shape index (κ1) is 25.4. The lowest BCUT2D eigenvalue weighted by atomic mass is 10.1. The third kappa shape index (κ3) is 3.28. The quantitative estimate of drug-likeness (QED) is 0.195. The molecule has 0 N–H and O–H groups in total.